The number of halogens is 1. The minimum absolute atomic E-state index is 0.0949. The van der Waals surface area contributed by atoms with Gasteiger partial charge in [0, 0.05) is 18.1 Å². The molecule has 0 bridgehead atoms. The number of ketones is 1. The minimum atomic E-state index is -3.79. The monoisotopic (exact) mass is 415 g/mol. The first kappa shape index (κ1) is 21.7. The van der Waals surface area contributed by atoms with Crippen molar-refractivity contribution in [1.29, 1.82) is 0 Å². The molecule has 1 saturated heterocycles. The van der Waals surface area contributed by atoms with E-state index in [2.05, 4.69) is 24.5 Å². The van der Waals surface area contributed by atoms with E-state index >= 15 is 0 Å². The number of carbonyl (C=O) groups excluding carboxylic acids is 2. The Labute approximate surface area is 165 Å². The first-order chi connectivity index (χ1) is 12.7. The Morgan fingerprint density at radius 1 is 1.30 bits per heavy atom. The molecule has 1 aromatic rings. The number of sulfonamides is 1. The number of rotatable bonds is 6. The average Bonchev–Trinajstić information content (AvgIpc) is 2.77. The van der Waals surface area contributed by atoms with Crippen molar-refractivity contribution in [3.63, 3.8) is 0 Å². The highest BCUT2D eigenvalue weighted by Gasteiger charge is 2.32. The van der Waals surface area contributed by atoms with E-state index in [-0.39, 0.29) is 23.8 Å². The summed E-state index contributed by atoms with van der Waals surface area (Å²) in [5, 5.41) is 5.83. The van der Waals surface area contributed by atoms with Crippen LogP contribution in [0.4, 0.5) is 4.79 Å². The van der Waals surface area contributed by atoms with Gasteiger partial charge in [0.25, 0.3) is 0 Å². The molecule has 0 spiro atoms. The molecule has 1 aliphatic heterocycles. The molecule has 1 aliphatic rings. The lowest BCUT2D eigenvalue weighted by molar-refractivity contribution is -0.120. The highest BCUT2D eigenvalue weighted by Crippen LogP contribution is 2.21. The maximum absolute atomic E-state index is 12.8. The highest BCUT2D eigenvalue weighted by molar-refractivity contribution is 7.89. The second kappa shape index (κ2) is 9.52. The van der Waals surface area contributed by atoms with E-state index in [0.717, 1.165) is 10.7 Å². The van der Waals surface area contributed by atoms with Gasteiger partial charge in [-0.1, -0.05) is 25.4 Å². The van der Waals surface area contributed by atoms with Gasteiger partial charge < -0.3 is 10.6 Å². The average molecular weight is 416 g/mol. The second-order valence-corrected chi connectivity index (χ2v) is 9.41. The van der Waals surface area contributed by atoms with Crippen molar-refractivity contribution in [2.24, 2.45) is 5.92 Å². The van der Waals surface area contributed by atoms with Crippen LogP contribution >= 0.6 is 11.6 Å². The third-order valence-electron chi connectivity index (χ3n) is 4.39. The number of benzene rings is 1. The quantitative estimate of drug-likeness (QED) is 0.745. The molecule has 1 heterocycles. The summed E-state index contributed by atoms with van der Waals surface area (Å²) in [5.74, 6) is 0.153. The van der Waals surface area contributed by atoms with Crippen molar-refractivity contribution in [2.75, 3.05) is 19.6 Å². The first-order valence-corrected chi connectivity index (χ1v) is 10.8. The maximum Gasteiger partial charge on any atom is 0.315 e. The first-order valence-electron chi connectivity index (χ1n) is 9.03. The summed E-state index contributed by atoms with van der Waals surface area (Å²) in [6, 6.07) is 4.76. The van der Waals surface area contributed by atoms with Crippen LogP contribution in [0.3, 0.4) is 0 Å². The largest absolute Gasteiger partial charge is 0.338 e. The van der Waals surface area contributed by atoms with Crippen LogP contribution in [-0.2, 0) is 14.8 Å². The molecule has 150 valence electrons. The Hall–Kier alpha value is -1.64. The Balaban J connectivity index is 1.99. The number of nitrogens with one attached hydrogen (secondary N) is 2. The lowest BCUT2D eigenvalue weighted by Gasteiger charge is -2.20. The van der Waals surface area contributed by atoms with Gasteiger partial charge in [0.15, 0.2) is 5.78 Å². The third-order valence-corrected chi connectivity index (χ3v) is 6.50. The number of nitrogens with zero attached hydrogens (tertiary/aromatic N) is 1. The van der Waals surface area contributed by atoms with Gasteiger partial charge in [-0.2, -0.15) is 4.31 Å². The fraction of sp³-hybridized carbons (Fsp3) is 0.556. The van der Waals surface area contributed by atoms with Gasteiger partial charge in [0.05, 0.1) is 17.5 Å². The molecule has 2 rings (SSSR count). The molecule has 1 aromatic carbocycles. The summed E-state index contributed by atoms with van der Waals surface area (Å²) in [4.78, 5) is 24.6. The Morgan fingerprint density at radius 2 is 1.96 bits per heavy atom. The Morgan fingerprint density at radius 3 is 2.59 bits per heavy atom. The van der Waals surface area contributed by atoms with E-state index in [1.807, 2.05) is 0 Å². The maximum atomic E-state index is 12.8. The molecule has 7 nitrogen and oxygen atoms in total. The van der Waals surface area contributed by atoms with E-state index in [4.69, 9.17) is 11.6 Å². The van der Waals surface area contributed by atoms with Crippen molar-refractivity contribution in [1.82, 2.24) is 14.9 Å². The number of Topliss-reactive ketones (excluding diaryl/α,β-unsaturated/α-hetero) is 1. The van der Waals surface area contributed by atoms with Crippen LogP contribution in [0.2, 0.25) is 5.02 Å². The smallest absolute Gasteiger partial charge is 0.315 e. The molecular weight excluding hydrogens is 390 g/mol. The molecule has 1 unspecified atom stereocenters. The van der Waals surface area contributed by atoms with Crippen LogP contribution in [0.5, 0.6) is 0 Å². The zero-order valence-corrected chi connectivity index (χ0v) is 17.1. The Bertz CT molecular complexity index is 765. The molecule has 0 aliphatic carbocycles. The summed E-state index contributed by atoms with van der Waals surface area (Å²) in [6.45, 7) is 4.61. The normalized spacial score (nSPS) is 19.0. The minimum Gasteiger partial charge on any atom is -0.338 e. The molecule has 2 N–H and O–H groups in total. The standard InChI is InChI=1S/C18H26ClN3O4S/c1-13(2)9-10-20-18(24)21-16-4-3-11-22(12-17(16)23)27(25,26)15-7-5-14(19)6-8-15/h5-8,13,16H,3-4,9-12H2,1-2H3,(H2,20,21,24). The summed E-state index contributed by atoms with van der Waals surface area (Å²) >= 11 is 5.81. The topological polar surface area (TPSA) is 95.6 Å². The molecular formula is C18H26ClN3O4S. The summed E-state index contributed by atoms with van der Waals surface area (Å²) in [5.41, 5.74) is 0. The van der Waals surface area contributed by atoms with Gasteiger partial charge >= 0.3 is 6.03 Å². The van der Waals surface area contributed by atoms with Crippen LogP contribution in [0, 0.1) is 5.92 Å². The van der Waals surface area contributed by atoms with Crippen molar-refractivity contribution >= 4 is 33.4 Å². The van der Waals surface area contributed by atoms with Gasteiger partial charge in [-0.15, -0.1) is 0 Å². The SMILES string of the molecule is CC(C)CCNC(=O)NC1CCCN(S(=O)(=O)c2ccc(Cl)cc2)CC1=O. The second-order valence-electron chi connectivity index (χ2n) is 7.04. The summed E-state index contributed by atoms with van der Waals surface area (Å²) in [6.07, 6.45) is 1.73. The summed E-state index contributed by atoms with van der Waals surface area (Å²) in [7, 11) is -3.79. The number of carbonyl (C=O) groups is 2. The molecule has 2 amide bonds. The van der Waals surface area contributed by atoms with Gasteiger partial charge in [0.2, 0.25) is 10.0 Å². The van der Waals surface area contributed by atoms with Crippen molar-refractivity contribution in [2.45, 2.75) is 44.0 Å². The lowest BCUT2D eigenvalue weighted by Crippen LogP contribution is -2.48. The zero-order valence-electron chi connectivity index (χ0n) is 15.6. The van der Waals surface area contributed by atoms with Crippen LogP contribution < -0.4 is 10.6 Å². The van der Waals surface area contributed by atoms with Crippen molar-refractivity contribution in [3.05, 3.63) is 29.3 Å². The van der Waals surface area contributed by atoms with Crippen LogP contribution in [-0.4, -0.2) is 50.2 Å². The lowest BCUT2D eigenvalue weighted by atomic mass is 10.1. The van der Waals surface area contributed by atoms with Crippen molar-refractivity contribution in [3.8, 4) is 0 Å². The van der Waals surface area contributed by atoms with Crippen LogP contribution in [0.25, 0.3) is 0 Å². The van der Waals surface area contributed by atoms with E-state index in [1.54, 1.807) is 0 Å². The predicted molar refractivity (Wildman–Crippen MR) is 104 cm³/mol. The number of amides is 2. The Kier molecular flexibility index (Phi) is 7.64. The third kappa shape index (κ3) is 6.19. The van der Waals surface area contributed by atoms with Gasteiger partial charge in [-0.25, -0.2) is 13.2 Å². The zero-order chi connectivity index (χ0) is 20.0. The number of urea groups is 1. The molecule has 1 atom stereocenters. The molecule has 27 heavy (non-hydrogen) atoms. The van der Waals surface area contributed by atoms with Gasteiger partial charge in [0.1, 0.15) is 0 Å². The van der Waals surface area contributed by atoms with Crippen LogP contribution in [0.15, 0.2) is 29.2 Å². The van der Waals surface area contributed by atoms with Crippen LogP contribution in [0.1, 0.15) is 33.1 Å². The van der Waals surface area contributed by atoms with Crippen molar-refractivity contribution < 1.29 is 18.0 Å². The summed E-state index contributed by atoms with van der Waals surface area (Å²) < 4.78 is 26.7. The molecule has 0 saturated carbocycles. The van der Waals surface area contributed by atoms with Gasteiger partial charge in [-0.3, -0.25) is 4.79 Å². The molecule has 9 heteroatoms. The molecule has 0 aromatic heterocycles. The van der Waals surface area contributed by atoms with E-state index in [9.17, 15) is 18.0 Å². The molecule has 0 radical (unpaired) electrons. The van der Waals surface area contributed by atoms with Gasteiger partial charge in [-0.05, 0) is 49.4 Å². The van der Waals surface area contributed by atoms with E-state index < -0.39 is 22.1 Å². The fourth-order valence-electron chi connectivity index (χ4n) is 2.79. The van der Waals surface area contributed by atoms with E-state index in [0.29, 0.717) is 30.3 Å². The fourth-order valence-corrected chi connectivity index (χ4v) is 4.36. The number of hydrogen-bond donors (Lipinski definition) is 2. The number of hydrogen-bond acceptors (Lipinski definition) is 4. The van der Waals surface area contributed by atoms with E-state index in [1.165, 1.54) is 24.3 Å². The molecule has 1 fully saturated rings. The predicted octanol–water partition coefficient (Wildman–Crippen LogP) is 2.41. The highest BCUT2D eigenvalue weighted by atomic mass is 35.5.